The number of hydrogen-bond acceptors (Lipinski definition) is 4. The largest absolute Gasteiger partial charge is 0.493 e. The third-order valence-electron chi connectivity index (χ3n) is 2.78. The van der Waals surface area contributed by atoms with Crippen LogP contribution in [0.15, 0.2) is 12.1 Å². The summed E-state index contributed by atoms with van der Waals surface area (Å²) >= 11 is 0. The van der Waals surface area contributed by atoms with E-state index in [-0.39, 0.29) is 6.54 Å². The normalized spacial score (nSPS) is 13.3. The molecular weight excluding hydrogens is 237 g/mol. The molecule has 0 saturated heterocycles. The first kappa shape index (κ1) is 14.7. The lowest BCUT2D eigenvalue weighted by Gasteiger charge is -2.23. The smallest absolute Gasteiger partial charge is 0.161 e. The van der Waals surface area contributed by atoms with E-state index in [2.05, 4.69) is 0 Å². The minimum Gasteiger partial charge on any atom is -0.493 e. The summed E-state index contributed by atoms with van der Waals surface area (Å²) in [5, 5.41) is 9.87. The first-order valence-electron chi connectivity index (χ1n) is 5.68. The molecule has 0 radical (unpaired) electrons. The second kappa shape index (κ2) is 5.54. The van der Waals surface area contributed by atoms with E-state index in [0.717, 1.165) is 0 Å². The van der Waals surface area contributed by atoms with Crippen molar-refractivity contribution in [3.8, 4) is 11.5 Å². The summed E-state index contributed by atoms with van der Waals surface area (Å²) in [4.78, 5) is 0. The Morgan fingerprint density at radius 3 is 2.17 bits per heavy atom. The molecule has 0 fully saturated rings. The quantitative estimate of drug-likeness (QED) is 0.845. The van der Waals surface area contributed by atoms with Gasteiger partial charge in [-0.2, -0.15) is 0 Å². The molecule has 18 heavy (non-hydrogen) atoms. The molecule has 1 aromatic carbocycles. The van der Waals surface area contributed by atoms with Crippen LogP contribution in [-0.2, 0) is 5.67 Å². The van der Waals surface area contributed by atoms with Crippen molar-refractivity contribution in [2.24, 2.45) is 5.73 Å². The molecule has 0 aliphatic rings. The summed E-state index contributed by atoms with van der Waals surface area (Å²) < 4.78 is 24.5. The van der Waals surface area contributed by atoms with Gasteiger partial charge < -0.3 is 20.3 Å². The molecule has 1 atom stereocenters. The molecule has 4 nitrogen and oxygen atoms in total. The fourth-order valence-corrected chi connectivity index (χ4v) is 1.81. The third kappa shape index (κ3) is 2.91. The van der Waals surface area contributed by atoms with E-state index in [4.69, 9.17) is 15.2 Å². The van der Waals surface area contributed by atoms with E-state index in [1.807, 2.05) is 0 Å². The van der Waals surface area contributed by atoms with Gasteiger partial charge in [0, 0.05) is 6.54 Å². The summed E-state index contributed by atoms with van der Waals surface area (Å²) in [7, 11) is 2.96. The van der Waals surface area contributed by atoms with Crippen LogP contribution in [0.4, 0.5) is 4.39 Å². The lowest BCUT2D eigenvalue weighted by Crippen LogP contribution is -2.19. The molecule has 3 N–H and O–H groups in total. The number of aliphatic hydroxyl groups is 1. The molecule has 0 aliphatic carbocycles. The standard InChI is InChI=1S/C13H20FNO3/c1-13(2,14)9-6-12(18-4)11(17-3)5-8(9)10(16)7-15/h5-6,10,16H,7,15H2,1-4H3. The van der Waals surface area contributed by atoms with Gasteiger partial charge in [-0.15, -0.1) is 0 Å². The van der Waals surface area contributed by atoms with E-state index in [9.17, 15) is 9.50 Å². The highest BCUT2D eigenvalue weighted by molar-refractivity contribution is 5.50. The van der Waals surface area contributed by atoms with Gasteiger partial charge in [-0.25, -0.2) is 4.39 Å². The number of benzene rings is 1. The molecule has 0 spiro atoms. The number of nitrogens with two attached hydrogens (primary N) is 1. The van der Waals surface area contributed by atoms with Crippen LogP contribution in [0.2, 0.25) is 0 Å². The van der Waals surface area contributed by atoms with Gasteiger partial charge in [-0.3, -0.25) is 0 Å². The Balaban J connectivity index is 3.46. The maximum atomic E-state index is 14.2. The number of ether oxygens (including phenoxy) is 2. The zero-order valence-electron chi connectivity index (χ0n) is 11.2. The highest BCUT2D eigenvalue weighted by atomic mass is 19.1. The van der Waals surface area contributed by atoms with Crippen LogP contribution in [0.25, 0.3) is 0 Å². The van der Waals surface area contributed by atoms with Crippen molar-refractivity contribution in [1.29, 1.82) is 0 Å². The minimum absolute atomic E-state index is 0.0125. The van der Waals surface area contributed by atoms with E-state index in [1.54, 1.807) is 6.07 Å². The Hall–Kier alpha value is -1.33. The number of alkyl halides is 1. The highest BCUT2D eigenvalue weighted by Crippen LogP contribution is 2.39. The van der Waals surface area contributed by atoms with Gasteiger partial charge in [0.2, 0.25) is 0 Å². The third-order valence-corrected chi connectivity index (χ3v) is 2.78. The van der Waals surface area contributed by atoms with E-state index in [0.29, 0.717) is 22.6 Å². The van der Waals surface area contributed by atoms with Crippen molar-refractivity contribution in [2.45, 2.75) is 25.6 Å². The maximum absolute atomic E-state index is 14.2. The van der Waals surface area contributed by atoms with E-state index < -0.39 is 11.8 Å². The van der Waals surface area contributed by atoms with Gasteiger partial charge in [0.1, 0.15) is 5.67 Å². The Morgan fingerprint density at radius 1 is 1.28 bits per heavy atom. The molecule has 1 unspecified atom stereocenters. The van der Waals surface area contributed by atoms with Crippen molar-refractivity contribution in [1.82, 2.24) is 0 Å². The van der Waals surface area contributed by atoms with Gasteiger partial charge >= 0.3 is 0 Å². The molecule has 5 heteroatoms. The average Bonchev–Trinajstić information content (AvgIpc) is 2.34. The second-order valence-electron chi connectivity index (χ2n) is 4.52. The Bertz CT molecular complexity index is 415. The summed E-state index contributed by atoms with van der Waals surface area (Å²) in [6.07, 6.45) is -0.935. The van der Waals surface area contributed by atoms with Gasteiger partial charge in [0.15, 0.2) is 11.5 Å². The Labute approximate surface area is 107 Å². The van der Waals surface area contributed by atoms with Crippen molar-refractivity contribution < 1.29 is 19.0 Å². The number of halogens is 1. The van der Waals surface area contributed by atoms with Gasteiger partial charge in [0.25, 0.3) is 0 Å². The predicted molar refractivity (Wildman–Crippen MR) is 67.7 cm³/mol. The topological polar surface area (TPSA) is 64.7 Å². The summed E-state index contributed by atoms with van der Waals surface area (Å²) in [5.74, 6) is 0.860. The summed E-state index contributed by atoms with van der Waals surface area (Å²) in [6, 6.07) is 3.10. The lowest BCUT2D eigenvalue weighted by atomic mass is 9.91. The molecule has 0 amide bonds. The lowest BCUT2D eigenvalue weighted by molar-refractivity contribution is 0.170. The van der Waals surface area contributed by atoms with E-state index in [1.165, 1.54) is 34.1 Å². The first-order valence-corrected chi connectivity index (χ1v) is 5.68. The van der Waals surface area contributed by atoms with Crippen LogP contribution in [0.3, 0.4) is 0 Å². The fraction of sp³-hybridized carbons (Fsp3) is 0.538. The van der Waals surface area contributed by atoms with Crippen molar-refractivity contribution in [2.75, 3.05) is 20.8 Å². The van der Waals surface area contributed by atoms with Crippen LogP contribution in [0.1, 0.15) is 31.1 Å². The van der Waals surface area contributed by atoms with Crippen LogP contribution < -0.4 is 15.2 Å². The number of rotatable bonds is 5. The SMILES string of the molecule is COc1cc(C(O)CN)c(C(C)(C)F)cc1OC. The van der Waals surface area contributed by atoms with Crippen LogP contribution in [0, 0.1) is 0 Å². The summed E-state index contributed by atoms with van der Waals surface area (Å²) in [5.41, 5.74) is 4.59. The zero-order chi connectivity index (χ0) is 13.9. The molecule has 1 aromatic rings. The Morgan fingerprint density at radius 2 is 1.78 bits per heavy atom. The minimum atomic E-state index is -1.61. The molecule has 1 rings (SSSR count). The van der Waals surface area contributed by atoms with Gasteiger partial charge in [-0.05, 0) is 37.1 Å². The molecule has 0 saturated carbocycles. The first-order chi connectivity index (χ1) is 8.35. The van der Waals surface area contributed by atoms with Crippen molar-refractivity contribution in [3.63, 3.8) is 0 Å². The van der Waals surface area contributed by atoms with Crippen LogP contribution in [-0.4, -0.2) is 25.9 Å². The van der Waals surface area contributed by atoms with Crippen LogP contribution in [0.5, 0.6) is 11.5 Å². The predicted octanol–water partition coefficient (Wildman–Crippen LogP) is 1.90. The maximum Gasteiger partial charge on any atom is 0.161 e. The molecule has 0 bridgehead atoms. The fourth-order valence-electron chi connectivity index (χ4n) is 1.81. The van der Waals surface area contributed by atoms with Crippen molar-refractivity contribution >= 4 is 0 Å². The summed E-state index contributed by atoms with van der Waals surface area (Å²) in [6.45, 7) is 2.85. The van der Waals surface area contributed by atoms with E-state index >= 15 is 0 Å². The number of aliphatic hydroxyl groups excluding tert-OH is 1. The average molecular weight is 257 g/mol. The second-order valence-corrected chi connectivity index (χ2v) is 4.52. The zero-order valence-corrected chi connectivity index (χ0v) is 11.2. The molecule has 0 heterocycles. The number of hydrogen-bond donors (Lipinski definition) is 2. The molecular formula is C13H20FNO3. The van der Waals surface area contributed by atoms with Gasteiger partial charge in [0.05, 0.1) is 20.3 Å². The van der Waals surface area contributed by atoms with Crippen molar-refractivity contribution in [3.05, 3.63) is 23.3 Å². The Kier molecular flexibility index (Phi) is 4.53. The highest BCUT2D eigenvalue weighted by Gasteiger charge is 2.27. The molecule has 102 valence electrons. The van der Waals surface area contributed by atoms with Gasteiger partial charge in [-0.1, -0.05) is 0 Å². The van der Waals surface area contributed by atoms with Crippen LogP contribution >= 0.6 is 0 Å². The number of methoxy groups -OCH3 is 2. The molecule has 0 aromatic heterocycles. The molecule has 0 aliphatic heterocycles. The monoisotopic (exact) mass is 257 g/mol.